The standard InChI is InChI=1S/C11H16N4O2/c12-9(8-4-2-1-3-5-8)10(16)14-6-7-15-11(13)17/h1-5,9H,6-7,12H2,(H,14,16)(H3,13,15,17)/t9-/m0/s1. The lowest BCUT2D eigenvalue weighted by Crippen LogP contribution is -2.40. The summed E-state index contributed by atoms with van der Waals surface area (Å²) >= 11 is 0. The minimum atomic E-state index is -0.704. The number of carbonyl (C=O) groups excluding carboxylic acids is 2. The summed E-state index contributed by atoms with van der Waals surface area (Å²) in [4.78, 5) is 22.0. The second-order valence-electron chi connectivity index (χ2n) is 3.47. The lowest BCUT2D eigenvalue weighted by Gasteiger charge is -2.12. The van der Waals surface area contributed by atoms with Crippen LogP contribution in [0.4, 0.5) is 4.79 Å². The number of rotatable bonds is 5. The van der Waals surface area contributed by atoms with Gasteiger partial charge in [-0.2, -0.15) is 0 Å². The van der Waals surface area contributed by atoms with E-state index >= 15 is 0 Å². The van der Waals surface area contributed by atoms with Crippen molar-refractivity contribution in [2.45, 2.75) is 6.04 Å². The average molecular weight is 236 g/mol. The first-order chi connectivity index (χ1) is 8.11. The predicted octanol–water partition coefficient (Wildman–Crippen LogP) is -0.529. The Hall–Kier alpha value is -2.08. The molecule has 6 N–H and O–H groups in total. The molecule has 1 aromatic carbocycles. The van der Waals surface area contributed by atoms with Crippen LogP contribution in [0.3, 0.4) is 0 Å². The van der Waals surface area contributed by atoms with Crippen LogP contribution in [0.25, 0.3) is 0 Å². The van der Waals surface area contributed by atoms with E-state index in [9.17, 15) is 9.59 Å². The third-order valence-corrected chi connectivity index (χ3v) is 2.16. The molecule has 17 heavy (non-hydrogen) atoms. The van der Waals surface area contributed by atoms with Crippen molar-refractivity contribution >= 4 is 11.9 Å². The molecule has 0 aliphatic carbocycles. The molecule has 3 amide bonds. The van der Waals surface area contributed by atoms with E-state index in [2.05, 4.69) is 10.6 Å². The van der Waals surface area contributed by atoms with Gasteiger partial charge in [0.2, 0.25) is 5.91 Å². The first-order valence-electron chi connectivity index (χ1n) is 5.23. The monoisotopic (exact) mass is 236 g/mol. The third kappa shape index (κ3) is 4.52. The zero-order chi connectivity index (χ0) is 12.7. The van der Waals surface area contributed by atoms with Gasteiger partial charge in [0.05, 0.1) is 0 Å². The van der Waals surface area contributed by atoms with Gasteiger partial charge in [0.1, 0.15) is 6.04 Å². The van der Waals surface area contributed by atoms with Gasteiger partial charge in [0, 0.05) is 13.1 Å². The molecule has 0 aliphatic heterocycles. The number of carbonyl (C=O) groups is 2. The van der Waals surface area contributed by atoms with Crippen molar-refractivity contribution in [2.75, 3.05) is 13.1 Å². The van der Waals surface area contributed by atoms with Gasteiger partial charge >= 0.3 is 6.03 Å². The van der Waals surface area contributed by atoms with Gasteiger partial charge in [-0.3, -0.25) is 4.79 Å². The molecule has 0 heterocycles. The molecule has 0 radical (unpaired) electrons. The minimum Gasteiger partial charge on any atom is -0.353 e. The highest BCUT2D eigenvalue weighted by Gasteiger charge is 2.14. The number of amides is 3. The van der Waals surface area contributed by atoms with E-state index < -0.39 is 12.1 Å². The maximum absolute atomic E-state index is 11.6. The van der Waals surface area contributed by atoms with Gasteiger partial charge in [-0.25, -0.2) is 4.79 Å². The summed E-state index contributed by atoms with van der Waals surface area (Å²) in [5.41, 5.74) is 11.4. The summed E-state index contributed by atoms with van der Waals surface area (Å²) in [6, 6.07) is 7.73. The van der Waals surface area contributed by atoms with Crippen molar-refractivity contribution in [3.63, 3.8) is 0 Å². The van der Waals surface area contributed by atoms with Gasteiger partial charge in [-0.15, -0.1) is 0 Å². The van der Waals surface area contributed by atoms with Gasteiger partial charge in [0.15, 0.2) is 0 Å². The van der Waals surface area contributed by atoms with Crippen molar-refractivity contribution in [2.24, 2.45) is 11.5 Å². The Balaban J connectivity index is 2.35. The van der Waals surface area contributed by atoms with Gasteiger partial charge in [-0.1, -0.05) is 30.3 Å². The lowest BCUT2D eigenvalue weighted by atomic mass is 10.1. The number of nitrogens with one attached hydrogen (secondary N) is 2. The van der Waals surface area contributed by atoms with Crippen LogP contribution in [0.1, 0.15) is 11.6 Å². The Morgan fingerprint density at radius 3 is 2.29 bits per heavy atom. The Morgan fingerprint density at radius 2 is 1.71 bits per heavy atom. The Morgan fingerprint density at radius 1 is 1.12 bits per heavy atom. The van der Waals surface area contributed by atoms with E-state index in [1.165, 1.54) is 0 Å². The molecule has 0 unspecified atom stereocenters. The Bertz CT molecular complexity index is 380. The van der Waals surface area contributed by atoms with Crippen LogP contribution in [0.15, 0.2) is 30.3 Å². The highest BCUT2D eigenvalue weighted by atomic mass is 16.2. The molecule has 92 valence electrons. The SMILES string of the molecule is NC(=O)NCCNC(=O)[C@@H](N)c1ccccc1. The van der Waals surface area contributed by atoms with Gasteiger partial charge < -0.3 is 22.1 Å². The van der Waals surface area contributed by atoms with Crippen molar-refractivity contribution in [3.8, 4) is 0 Å². The first kappa shape index (κ1) is 13.0. The summed E-state index contributed by atoms with van der Waals surface area (Å²) < 4.78 is 0. The van der Waals surface area contributed by atoms with E-state index in [0.29, 0.717) is 6.54 Å². The second kappa shape index (κ2) is 6.49. The molecule has 6 nitrogen and oxygen atoms in total. The van der Waals surface area contributed by atoms with E-state index in [-0.39, 0.29) is 12.5 Å². The normalized spacial score (nSPS) is 11.6. The number of nitrogens with two attached hydrogens (primary N) is 2. The molecule has 0 aromatic heterocycles. The highest BCUT2D eigenvalue weighted by molar-refractivity contribution is 5.82. The van der Waals surface area contributed by atoms with E-state index in [0.717, 1.165) is 5.56 Å². The topological polar surface area (TPSA) is 110 Å². The summed E-state index contributed by atoms with van der Waals surface area (Å²) in [5.74, 6) is -0.289. The molecular weight excluding hydrogens is 220 g/mol. The van der Waals surface area contributed by atoms with Crippen LogP contribution < -0.4 is 22.1 Å². The van der Waals surface area contributed by atoms with Gasteiger partial charge in [-0.05, 0) is 5.56 Å². The number of benzene rings is 1. The van der Waals surface area contributed by atoms with Crippen molar-refractivity contribution in [1.29, 1.82) is 0 Å². The van der Waals surface area contributed by atoms with Crippen LogP contribution >= 0.6 is 0 Å². The lowest BCUT2D eigenvalue weighted by molar-refractivity contribution is -0.122. The number of hydrogen-bond donors (Lipinski definition) is 4. The largest absolute Gasteiger partial charge is 0.353 e. The Kier molecular flexibility index (Phi) is 4.96. The molecule has 1 rings (SSSR count). The van der Waals surface area contributed by atoms with E-state index in [4.69, 9.17) is 11.5 Å². The van der Waals surface area contributed by atoms with E-state index in [1.54, 1.807) is 12.1 Å². The van der Waals surface area contributed by atoms with Crippen molar-refractivity contribution in [1.82, 2.24) is 10.6 Å². The molecule has 0 fully saturated rings. The summed E-state index contributed by atoms with van der Waals surface area (Å²) in [5, 5.41) is 4.96. The number of hydrogen-bond acceptors (Lipinski definition) is 3. The Labute approximate surface area is 99.4 Å². The van der Waals surface area contributed by atoms with Crippen molar-refractivity contribution in [3.05, 3.63) is 35.9 Å². The van der Waals surface area contributed by atoms with Crippen LogP contribution in [0.2, 0.25) is 0 Å². The zero-order valence-electron chi connectivity index (χ0n) is 9.35. The fraction of sp³-hybridized carbons (Fsp3) is 0.273. The maximum atomic E-state index is 11.6. The average Bonchev–Trinajstić information content (AvgIpc) is 2.34. The molecule has 0 aliphatic rings. The zero-order valence-corrected chi connectivity index (χ0v) is 9.35. The molecule has 0 spiro atoms. The van der Waals surface area contributed by atoms with Crippen LogP contribution in [-0.2, 0) is 4.79 Å². The van der Waals surface area contributed by atoms with Crippen molar-refractivity contribution < 1.29 is 9.59 Å². The molecule has 0 saturated heterocycles. The number of urea groups is 1. The quantitative estimate of drug-likeness (QED) is 0.516. The molecular formula is C11H16N4O2. The number of primary amides is 1. The third-order valence-electron chi connectivity index (χ3n) is 2.16. The molecule has 6 heteroatoms. The fourth-order valence-corrected chi connectivity index (χ4v) is 1.29. The molecule has 0 saturated carbocycles. The molecule has 1 atom stereocenters. The highest BCUT2D eigenvalue weighted by Crippen LogP contribution is 2.08. The fourth-order valence-electron chi connectivity index (χ4n) is 1.29. The summed E-state index contributed by atoms with van der Waals surface area (Å²) in [6.45, 7) is 0.574. The summed E-state index contributed by atoms with van der Waals surface area (Å²) in [6.07, 6.45) is 0. The molecule has 1 aromatic rings. The van der Waals surface area contributed by atoms with Gasteiger partial charge in [0.25, 0.3) is 0 Å². The smallest absolute Gasteiger partial charge is 0.312 e. The summed E-state index contributed by atoms with van der Waals surface area (Å²) in [7, 11) is 0. The first-order valence-corrected chi connectivity index (χ1v) is 5.23. The predicted molar refractivity (Wildman–Crippen MR) is 64.0 cm³/mol. The van der Waals surface area contributed by atoms with Crippen LogP contribution in [-0.4, -0.2) is 25.0 Å². The van der Waals surface area contributed by atoms with Crippen LogP contribution in [0.5, 0.6) is 0 Å². The second-order valence-corrected chi connectivity index (χ2v) is 3.47. The maximum Gasteiger partial charge on any atom is 0.312 e. The van der Waals surface area contributed by atoms with E-state index in [1.807, 2.05) is 18.2 Å². The minimum absolute atomic E-state index is 0.280. The van der Waals surface area contributed by atoms with Crippen LogP contribution in [0, 0.1) is 0 Å². The molecule has 0 bridgehead atoms.